The molecule has 0 N–H and O–H groups in total. The van der Waals surface area contributed by atoms with Crippen LogP contribution < -0.4 is 0 Å². The molecule has 0 aliphatic heterocycles. The highest BCUT2D eigenvalue weighted by molar-refractivity contribution is 9.15. The van der Waals surface area contributed by atoms with Gasteiger partial charge in [0.1, 0.15) is 6.17 Å². The molecule has 0 aromatic heterocycles. The fraction of sp³-hybridized carbons (Fsp3) is 1.00. The monoisotopic (exact) mass is 492 g/mol. The van der Waals surface area contributed by atoms with Crippen LogP contribution in [0.4, 0.5) is 4.39 Å². The third-order valence-corrected chi connectivity index (χ3v) is 10.2. The van der Waals surface area contributed by atoms with E-state index in [-0.39, 0.29) is 24.1 Å². The Morgan fingerprint density at radius 2 is 0.833 bits per heavy atom. The van der Waals surface area contributed by atoms with Crippen LogP contribution in [0.5, 0.6) is 0 Å². The van der Waals surface area contributed by atoms with Crippen LogP contribution in [0.3, 0.4) is 0 Å². The first-order chi connectivity index (χ1) is 5.46. The van der Waals surface area contributed by atoms with Crippen molar-refractivity contribution < 1.29 is 4.39 Å². The summed E-state index contributed by atoms with van der Waals surface area (Å²) in [5.41, 5.74) is 0. The molecular weight excluding hydrogens is 491 g/mol. The summed E-state index contributed by atoms with van der Waals surface area (Å²) in [6.07, 6.45) is -0.882. The smallest absolute Gasteiger partial charge is 0.127 e. The minimum atomic E-state index is -0.882. The van der Waals surface area contributed by atoms with E-state index >= 15 is 0 Å². The zero-order valence-corrected chi connectivity index (χ0v) is 13.7. The van der Waals surface area contributed by atoms with Crippen LogP contribution in [0.2, 0.25) is 0 Å². The fourth-order valence-corrected chi connectivity index (χ4v) is 5.91. The van der Waals surface area contributed by atoms with E-state index < -0.39 is 6.17 Å². The summed E-state index contributed by atoms with van der Waals surface area (Å²) < 4.78 is 13.5. The summed E-state index contributed by atoms with van der Waals surface area (Å²) in [5, 5.41) is 0. The molecule has 6 heteroatoms. The minimum absolute atomic E-state index is 0.102. The quantitative estimate of drug-likeness (QED) is 0.442. The molecule has 1 aliphatic carbocycles. The van der Waals surface area contributed by atoms with Gasteiger partial charge in [0.15, 0.2) is 0 Å². The molecule has 0 heterocycles. The lowest BCUT2D eigenvalue weighted by Gasteiger charge is -2.38. The van der Waals surface area contributed by atoms with Gasteiger partial charge in [0.05, 0.1) is 9.65 Å². The van der Waals surface area contributed by atoms with E-state index in [1.165, 1.54) is 0 Å². The number of alkyl halides is 6. The summed E-state index contributed by atoms with van der Waals surface area (Å²) in [5.74, 6) is 0. The maximum absolute atomic E-state index is 13.5. The maximum atomic E-state index is 13.5. The van der Waals surface area contributed by atoms with Crippen LogP contribution in [-0.4, -0.2) is 30.3 Å². The second kappa shape index (κ2) is 4.90. The van der Waals surface area contributed by atoms with Crippen molar-refractivity contribution in [1.82, 2.24) is 0 Å². The molecule has 0 aromatic rings. The molecule has 1 rings (SSSR count). The highest BCUT2D eigenvalue weighted by Gasteiger charge is 2.46. The first kappa shape index (κ1) is 12.4. The fourth-order valence-electron chi connectivity index (χ4n) is 1.05. The molecule has 0 nitrogen and oxygen atoms in total. The summed E-state index contributed by atoms with van der Waals surface area (Å²) in [6, 6.07) is 0. The third kappa shape index (κ3) is 2.28. The van der Waals surface area contributed by atoms with E-state index in [0.29, 0.717) is 0 Å². The summed E-state index contributed by atoms with van der Waals surface area (Å²) in [7, 11) is 0. The molecule has 12 heavy (non-hydrogen) atoms. The average molecular weight is 497 g/mol. The Hall–Kier alpha value is 2.33. The van der Waals surface area contributed by atoms with E-state index in [4.69, 9.17) is 0 Å². The van der Waals surface area contributed by atoms with Gasteiger partial charge in [0, 0.05) is 14.5 Å². The highest BCUT2D eigenvalue weighted by atomic mass is 79.9. The summed E-state index contributed by atoms with van der Waals surface area (Å²) in [4.78, 5) is 0.120. The maximum Gasteiger partial charge on any atom is 0.127 e. The first-order valence-corrected chi connectivity index (χ1v) is 7.89. The summed E-state index contributed by atoms with van der Waals surface area (Å²) in [6.45, 7) is 0. The van der Waals surface area contributed by atoms with Gasteiger partial charge in [0.25, 0.3) is 0 Å². The minimum Gasteiger partial charge on any atom is -0.245 e. The van der Waals surface area contributed by atoms with Crippen LogP contribution in [0.25, 0.3) is 0 Å². The van der Waals surface area contributed by atoms with E-state index in [1.807, 2.05) is 0 Å². The van der Waals surface area contributed by atoms with E-state index in [2.05, 4.69) is 79.6 Å². The van der Waals surface area contributed by atoms with Crippen molar-refractivity contribution in [2.24, 2.45) is 0 Å². The topological polar surface area (TPSA) is 0 Å². The molecule has 1 saturated carbocycles. The van der Waals surface area contributed by atoms with Crippen molar-refractivity contribution in [3.63, 3.8) is 0 Å². The van der Waals surface area contributed by atoms with Gasteiger partial charge in [-0.15, -0.1) is 0 Å². The normalized spacial score (nSPS) is 55.5. The Morgan fingerprint density at radius 3 is 1.17 bits per heavy atom. The van der Waals surface area contributed by atoms with Crippen LogP contribution in [0.15, 0.2) is 0 Å². The predicted molar refractivity (Wildman–Crippen MR) is 68.5 cm³/mol. The van der Waals surface area contributed by atoms with Gasteiger partial charge in [0.2, 0.25) is 0 Å². The van der Waals surface area contributed by atoms with E-state index in [9.17, 15) is 4.39 Å². The lowest BCUT2D eigenvalue weighted by atomic mass is 9.98. The number of hydrogen-bond acceptors (Lipinski definition) is 0. The second-order valence-electron chi connectivity index (χ2n) is 2.67. The van der Waals surface area contributed by atoms with Crippen molar-refractivity contribution >= 4 is 79.6 Å². The third-order valence-electron chi connectivity index (χ3n) is 1.83. The molecule has 0 amide bonds. The molecule has 4 unspecified atom stereocenters. The molecule has 0 aromatic carbocycles. The molecule has 72 valence electrons. The van der Waals surface area contributed by atoms with E-state index in [0.717, 1.165) is 0 Å². The van der Waals surface area contributed by atoms with Crippen LogP contribution in [-0.2, 0) is 0 Å². The molecule has 0 bridgehead atoms. The molecule has 0 saturated heterocycles. The number of hydrogen-bond donors (Lipinski definition) is 0. The molecular formula is C6H6Br5F. The van der Waals surface area contributed by atoms with Gasteiger partial charge in [-0.3, -0.25) is 0 Å². The number of rotatable bonds is 0. The SMILES string of the molecule is FC1C(Br)C(Br)C(Br)C(Br)C1Br. The lowest BCUT2D eigenvalue weighted by molar-refractivity contribution is 0.291. The Bertz CT molecular complexity index is 107. The Morgan fingerprint density at radius 1 is 0.583 bits per heavy atom. The highest BCUT2D eigenvalue weighted by Crippen LogP contribution is 2.42. The van der Waals surface area contributed by atoms with Crippen molar-refractivity contribution in [2.75, 3.05) is 0 Å². The Balaban J connectivity index is 2.76. The van der Waals surface area contributed by atoms with Crippen molar-refractivity contribution in [1.29, 1.82) is 0 Å². The molecule has 1 aliphatic rings. The van der Waals surface area contributed by atoms with Gasteiger partial charge < -0.3 is 0 Å². The standard InChI is InChI=1S/C6H6Br5F/c7-1-2(8)4(10)6(12)5(11)3(1)9/h1-6H. The largest absolute Gasteiger partial charge is 0.245 e. The molecule has 4 atom stereocenters. The number of halogens is 6. The van der Waals surface area contributed by atoms with Crippen LogP contribution >= 0.6 is 79.6 Å². The molecule has 0 radical (unpaired) electrons. The van der Waals surface area contributed by atoms with E-state index in [1.54, 1.807) is 0 Å². The van der Waals surface area contributed by atoms with Gasteiger partial charge in [-0.1, -0.05) is 79.6 Å². The Labute approximate surface area is 113 Å². The van der Waals surface area contributed by atoms with Crippen molar-refractivity contribution in [3.8, 4) is 0 Å². The Kier molecular flexibility index (Phi) is 5.07. The van der Waals surface area contributed by atoms with Gasteiger partial charge in [-0.05, 0) is 0 Å². The zero-order chi connectivity index (χ0) is 9.46. The average Bonchev–Trinajstić information content (AvgIpc) is 2.08. The first-order valence-electron chi connectivity index (χ1n) is 3.31. The van der Waals surface area contributed by atoms with Gasteiger partial charge in [-0.25, -0.2) is 4.39 Å². The van der Waals surface area contributed by atoms with Crippen molar-refractivity contribution in [3.05, 3.63) is 0 Å². The second-order valence-corrected chi connectivity index (χ2v) is 7.95. The van der Waals surface area contributed by atoms with Gasteiger partial charge >= 0.3 is 0 Å². The summed E-state index contributed by atoms with van der Waals surface area (Å²) >= 11 is 17.0. The zero-order valence-electron chi connectivity index (χ0n) is 5.73. The van der Waals surface area contributed by atoms with Crippen LogP contribution in [0, 0.1) is 0 Å². The van der Waals surface area contributed by atoms with Crippen LogP contribution in [0.1, 0.15) is 0 Å². The van der Waals surface area contributed by atoms with Gasteiger partial charge in [-0.2, -0.15) is 0 Å². The molecule has 0 spiro atoms. The molecule has 1 fully saturated rings. The predicted octanol–water partition coefficient (Wildman–Crippen LogP) is 4.16. The lowest BCUT2D eigenvalue weighted by Crippen LogP contribution is -2.51. The van der Waals surface area contributed by atoms with Crippen molar-refractivity contribution in [2.45, 2.75) is 30.3 Å².